The molecule has 0 radical (unpaired) electrons. The highest BCUT2D eigenvalue weighted by molar-refractivity contribution is 6.66. The average molecular weight is 199 g/mol. The first-order chi connectivity index (χ1) is 6.15. The summed E-state index contributed by atoms with van der Waals surface area (Å²) in [6.45, 7) is 4.80. The third kappa shape index (κ3) is 2.42. The minimum Gasteiger partial charge on any atom is -0.276 e. The molecule has 0 atom stereocenters. The minimum atomic E-state index is -0.469. The summed E-state index contributed by atoms with van der Waals surface area (Å²) < 4.78 is 1.86. The van der Waals surface area contributed by atoms with Gasteiger partial charge in [0, 0.05) is 17.8 Å². The van der Waals surface area contributed by atoms with E-state index >= 15 is 0 Å². The first kappa shape index (κ1) is 9.99. The molecule has 0 bridgehead atoms. The summed E-state index contributed by atoms with van der Waals surface area (Å²) in [5.41, 5.74) is 1.97. The van der Waals surface area contributed by atoms with E-state index in [-0.39, 0.29) is 0 Å². The Hall–Kier alpha value is -1.09. The maximum atomic E-state index is 10.5. The van der Waals surface area contributed by atoms with E-state index in [0.717, 1.165) is 17.8 Å². The number of allylic oxidation sites excluding steroid dienone is 1. The van der Waals surface area contributed by atoms with Crippen molar-refractivity contribution in [1.29, 1.82) is 0 Å². The number of nitrogens with zero attached hydrogens (tertiary/aromatic N) is 2. The van der Waals surface area contributed by atoms with Crippen LogP contribution in [0.5, 0.6) is 0 Å². The quantitative estimate of drug-likeness (QED) is 0.550. The van der Waals surface area contributed by atoms with E-state index in [1.165, 1.54) is 6.08 Å². The minimum absolute atomic E-state index is 0.469. The lowest BCUT2D eigenvalue weighted by Gasteiger charge is -1.97. The molecule has 1 heterocycles. The SMILES string of the molecule is CCn1ncc(C=CC(=O)Cl)c1C. The molecule has 0 aliphatic rings. The zero-order chi connectivity index (χ0) is 9.84. The van der Waals surface area contributed by atoms with Crippen molar-refractivity contribution < 1.29 is 4.79 Å². The fraction of sp³-hybridized carbons (Fsp3) is 0.333. The molecule has 0 amide bonds. The summed E-state index contributed by atoms with van der Waals surface area (Å²) >= 11 is 5.17. The Morgan fingerprint density at radius 3 is 2.92 bits per heavy atom. The van der Waals surface area contributed by atoms with Crippen molar-refractivity contribution in [1.82, 2.24) is 9.78 Å². The average Bonchev–Trinajstić information content (AvgIpc) is 2.43. The Balaban J connectivity index is 2.90. The van der Waals surface area contributed by atoms with Crippen molar-refractivity contribution >= 4 is 22.9 Å². The van der Waals surface area contributed by atoms with Gasteiger partial charge >= 0.3 is 0 Å². The van der Waals surface area contributed by atoms with Crippen LogP contribution in [0.1, 0.15) is 18.2 Å². The Labute approximate surface area is 82.0 Å². The zero-order valence-electron chi connectivity index (χ0n) is 7.62. The van der Waals surface area contributed by atoms with Crippen LogP contribution in [0, 0.1) is 6.92 Å². The monoisotopic (exact) mass is 198 g/mol. The first-order valence-electron chi connectivity index (χ1n) is 4.05. The summed E-state index contributed by atoms with van der Waals surface area (Å²) in [5.74, 6) is 0. The molecule has 70 valence electrons. The molecule has 3 nitrogen and oxygen atoms in total. The van der Waals surface area contributed by atoms with E-state index in [0.29, 0.717) is 0 Å². The van der Waals surface area contributed by atoms with E-state index in [1.54, 1.807) is 12.3 Å². The number of hydrogen-bond donors (Lipinski definition) is 0. The van der Waals surface area contributed by atoms with Gasteiger partial charge in [0.25, 0.3) is 0 Å². The lowest BCUT2D eigenvalue weighted by atomic mass is 10.2. The molecule has 0 aliphatic heterocycles. The van der Waals surface area contributed by atoms with Gasteiger partial charge in [0.2, 0.25) is 5.24 Å². The molecule has 0 unspecified atom stereocenters. The highest BCUT2D eigenvalue weighted by Gasteiger charge is 2.01. The van der Waals surface area contributed by atoms with E-state index in [1.807, 2.05) is 18.5 Å². The van der Waals surface area contributed by atoms with Gasteiger partial charge in [0.05, 0.1) is 6.20 Å². The van der Waals surface area contributed by atoms with E-state index < -0.39 is 5.24 Å². The van der Waals surface area contributed by atoms with Crippen LogP contribution in [0.25, 0.3) is 6.08 Å². The van der Waals surface area contributed by atoms with Crippen LogP contribution in [0.2, 0.25) is 0 Å². The van der Waals surface area contributed by atoms with Gasteiger partial charge in [-0.3, -0.25) is 9.48 Å². The normalized spacial score (nSPS) is 11.0. The van der Waals surface area contributed by atoms with Crippen molar-refractivity contribution in [3.63, 3.8) is 0 Å². The van der Waals surface area contributed by atoms with Crippen LogP contribution in [0.3, 0.4) is 0 Å². The summed E-state index contributed by atoms with van der Waals surface area (Å²) in [6, 6.07) is 0. The second-order valence-corrected chi connectivity index (χ2v) is 3.01. The van der Waals surface area contributed by atoms with E-state index in [2.05, 4.69) is 5.10 Å². The van der Waals surface area contributed by atoms with Crippen LogP contribution in [-0.4, -0.2) is 15.0 Å². The predicted octanol–water partition coefficient (Wildman–Crippen LogP) is 1.99. The molecule has 0 saturated carbocycles. The second kappa shape index (κ2) is 4.23. The van der Waals surface area contributed by atoms with Crippen molar-refractivity contribution in [3.8, 4) is 0 Å². The summed E-state index contributed by atoms with van der Waals surface area (Å²) in [6.07, 6.45) is 4.71. The van der Waals surface area contributed by atoms with Gasteiger partial charge in [0.15, 0.2) is 0 Å². The van der Waals surface area contributed by atoms with Gasteiger partial charge in [0.1, 0.15) is 0 Å². The van der Waals surface area contributed by atoms with E-state index in [9.17, 15) is 4.79 Å². The van der Waals surface area contributed by atoms with Crippen LogP contribution < -0.4 is 0 Å². The molecule has 1 aromatic rings. The number of carbonyl (C=O) groups excluding carboxylic acids is 1. The number of carbonyl (C=O) groups is 1. The number of aromatic nitrogens is 2. The van der Waals surface area contributed by atoms with Crippen molar-refractivity contribution in [2.45, 2.75) is 20.4 Å². The zero-order valence-corrected chi connectivity index (χ0v) is 8.38. The van der Waals surface area contributed by atoms with Crippen LogP contribution in [0.15, 0.2) is 12.3 Å². The molecule has 0 saturated heterocycles. The number of rotatable bonds is 3. The Morgan fingerprint density at radius 1 is 1.77 bits per heavy atom. The molecule has 13 heavy (non-hydrogen) atoms. The fourth-order valence-corrected chi connectivity index (χ4v) is 1.16. The number of hydrogen-bond acceptors (Lipinski definition) is 2. The third-order valence-electron chi connectivity index (χ3n) is 1.83. The highest BCUT2D eigenvalue weighted by Crippen LogP contribution is 2.09. The molecule has 4 heteroatoms. The van der Waals surface area contributed by atoms with Gasteiger partial charge < -0.3 is 0 Å². The first-order valence-corrected chi connectivity index (χ1v) is 4.43. The van der Waals surface area contributed by atoms with Crippen LogP contribution in [-0.2, 0) is 11.3 Å². The van der Waals surface area contributed by atoms with Crippen LogP contribution >= 0.6 is 11.6 Å². The van der Waals surface area contributed by atoms with Gasteiger partial charge in [-0.15, -0.1) is 0 Å². The lowest BCUT2D eigenvalue weighted by Crippen LogP contribution is -1.98. The maximum absolute atomic E-state index is 10.5. The largest absolute Gasteiger partial charge is 0.276 e. The summed E-state index contributed by atoms with van der Waals surface area (Å²) in [4.78, 5) is 10.5. The van der Waals surface area contributed by atoms with Crippen molar-refractivity contribution in [2.24, 2.45) is 0 Å². The summed E-state index contributed by atoms with van der Waals surface area (Å²) in [7, 11) is 0. The molecule has 1 rings (SSSR count). The summed E-state index contributed by atoms with van der Waals surface area (Å²) in [5, 5.41) is 3.65. The Bertz CT molecular complexity index is 341. The lowest BCUT2D eigenvalue weighted by molar-refractivity contribution is -0.107. The molecular weight excluding hydrogens is 188 g/mol. The molecule has 0 aliphatic carbocycles. The Morgan fingerprint density at radius 2 is 2.46 bits per heavy atom. The highest BCUT2D eigenvalue weighted by atomic mass is 35.5. The Kier molecular flexibility index (Phi) is 3.25. The third-order valence-corrected chi connectivity index (χ3v) is 1.96. The smallest absolute Gasteiger partial charge is 0.245 e. The van der Waals surface area contributed by atoms with Gasteiger partial charge in [-0.05, 0) is 37.6 Å². The second-order valence-electron chi connectivity index (χ2n) is 2.64. The molecule has 0 fully saturated rings. The molecule has 0 spiro atoms. The van der Waals surface area contributed by atoms with Crippen molar-refractivity contribution in [2.75, 3.05) is 0 Å². The fourth-order valence-electron chi connectivity index (χ4n) is 1.10. The van der Waals surface area contributed by atoms with Gasteiger partial charge in [-0.1, -0.05) is 0 Å². The standard InChI is InChI=1S/C9H11ClN2O/c1-3-12-7(2)8(6-11-12)4-5-9(10)13/h4-6H,3H2,1-2H3. The number of aryl methyl sites for hydroxylation is 1. The topological polar surface area (TPSA) is 34.9 Å². The number of halogens is 1. The van der Waals surface area contributed by atoms with Crippen LogP contribution in [0.4, 0.5) is 0 Å². The van der Waals surface area contributed by atoms with Gasteiger partial charge in [-0.2, -0.15) is 5.10 Å². The van der Waals surface area contributed by atoms with Gasteiger partial charge in [-0.25, -0.2) is 0 Å². The molecule has 0 N–H and O–H groups in total. The molecular formula is C9H11ClN2O. The molecule has 1 aromatic heterocycles. The van der Waals surface area contributed by atoms with E-state index in [4.69, 9.17) is 11.6 Å². The maximum Gasteiger partial charge on any atom is 0.245 e. The predicted molar refractivity (Wildman–Crippen MR) is 52.5 cm³/mol. The van der Waals surface area contributed by atoms with Crippen molar-refractivity contribution in [3.05, 3.63) is 23.5 Å². The molecule has 0 aromatic carbocycles.